The first-order valence-electron chi connectivity index (χ1n) is 11.5. The summed E-state index contributed by atoms with van der Waals surface area (Å²) >= 11 is 0. The second-order valence-electron chi connectivity index (χ2n) is 8.73. The Kier molecular flexibility index (Phi) is 5.61. The lowest BCUT2D eigenvalue weighted by molar-refractivity contribution is -0.119. The summed E-state index contributed by atoms with van der Waals surface area (Å²) in [7, 11) is 0. The van der Waals surface area contributed by atoms with Gasteiger partial charge in [-0.25, -0.2) is 0 Å². The summed E-state index contributed by atoms with van der Waals surface area (Å²) in [5, 5.41) is 0. The maximum absolute atomic E-state index is 13.0. The standard InChI is InChI=1S/C28H30N2O/c1-2-28(31)30(22-13-7-4-8-14-22)23-17-18-29-20-26(21-11-5-3-6-12-21)24-15-9-10-16-25(24)27(29)19-23/h3-16,23,26-27H,2,17-20H2,1H3/t23-,26-,27+/m1/s1. The molecule has 5 rings (SSSR count). The highest BCUT2D eigenvalue weighted by atomic mass is 16.2. The fraction of sp³-hybridized carbons (Fsp3) is 0.321. The van der Waals surface area contributed by atoms with Crippen molar-refractivity contribution in [1.29, 1.82) is 0 Å². The number of hydrogen-bond donors (Lipinski definition) is 0. The molecule has 3 aromatic rings. The van der Waals surface area contributed by atoms with Gasteiger partial charge in [0.15, 0.2) is 0 Å². The molecule has 0 radical (unpaired) electrons. The quantitative estimate of drug-likeness (QED) is 0.544. The van der Waals surface area contributed by atoms with Crippen molar-refractivity contribution in [1.82, 2.24) is 4.90 Å². The Morgan fingerprint density at radius 3 is 2.26 bits per heavy atom. The van der Waals surface area contributed by atoms with Crippen LogP contribution in [0.3, 0.4) is 0 Å². The minimum absolute atomic E-state index is 0.218. The fourth-order valence-corrected chi connectivity index (χ4v) is 5.52. The molecule has 0 aromatic heterocycles. The topological polar surface area (TPSA) is 23.6 Å². The van der Waals surface area contributed by atoms with Gasteiger partial charge in [-0.1, -0.05) is 79.7 Å². The molecular weight excluding hydrogens is 380 g/mol. The molecule has 3 heteroatoms. The first-order chi connectivity index (χ1) is 15.3. The van der Waals surface area contributed by atoms with Gasteiger partial charge in [0.25, 0.3) is 0 Å². The molecule has 0 unspecified atom stereocenters. The maximum Gasteiger partial charge on any atom is 0.226 e. The third-order valence-corrected chi connectivity index (χ3v) is 7.01. The number of benzene rings is 3. The van der Waals surface area contributed by atoms with Crippen molar-refractivity contribution in [3.05, 3.63) is 102 Å². The summed E-state index contributed by atoms with van der Waals surface area (Å²) in [5.74, 6) is 0.628. The van der Waals surface area contributed by atoms with Gasteiger partial charge in [-0.3, -0.25) is 9.69 Å². The number of para-hydroxylation sites is 1. The molecule has 2 heterocycles. The molecule has 0 aliphatic carbocycles. The van der Waals surface area contributed by atoms with E-state index in [2.05, 4.69) is 76.5 Å². The van der Waals surface area contributed by atoms with Gasteiger partial charge in [-0.15, -0.1) is 0 Å². The third kappa shape index (κ3) is 3.79. The van der Waals surface area contributed by atoms with Gasteiger partial charge in [0.1, 0.15) is 0 Å². The molecule has 2 aliphatic heterocycles. The van der Waals surface area contributed by atoms with Gasteiger partial charge in [0, 0.05) is 43.2 Å². The molecule has 1 saturated heterocycles. The summed E-state index contributed by atoms with van der Waals surface area (Å²) in [6.07, 6.45) is 2.53. The van der Waals surface area contributed by atoms with Gasteiger partial charge in [-0.2, -0.15) is 0 Å². The third-order valence-electron chi connectivity index (χ3n) is 7.01. The Morgan fingerprint density at radius 2 is 1.55 bits per heavy atom. The van der Waals surface area contributed by atoms with Crippen LogP contribution in [0.15, 0.2) is 84.9 Å². The Balaban J connectivity index is 1.48. The number of fused-ring (bicyclic) bond motifs is 3. The fourth-order valence-electron chi connectivity index (χ4n) is 5.52. The molecular formula is C28H30N2O. The van der Waals surface area contributed by atoms with E-state index in [1.54, 1.807) is 0 Å². The molecule has 3 atom stereocenters. The highest BCUT2D eigenvalue weighted by Crippen LogP contribution is 2.44. The SMILES string of the molecule is CCC(=O)N(c1ccccc1)[C@@H]1CCN2C[C@H](c3ccccc3)c3ccccc3[C@@H]2C1. The van der Waals surface area contributed by atoms with Crippen molar-refractivity contribution in [3.63, 3.8) is 0 Å². The molecule has 0 N–H and O–H groups in total. The Labute approximate surface area is 185 Å². The monoisotopic (exact) mass is 410 g/mol. The minimum atomic E-state index is 0.218. The van der Waals surface area contributed by atoms with Crippen LogP contribution in [-0.4, -0.2) is 29.9 Å². The predicted octanol–water partition coefficient (Wildman–Crippen LogP) is 5.78. The zero-order chi connectivity index (χ0) is 21.2. The van der Waals surface area contributed by atoms with E-state index in [9.17, 15) is 4.79 Å². The normalized spacial score (nSPS) is 22.9. The molecule has 3 nitrogen and oxygen atoms in total. The molecule has 1 fully saturated rings. The number of rotatable bonds is 4. The van der Waals surface area contributed by atoms with Crippen molar-refractivity contribution < 1.29 is 4.79 Å². The Hall–Kier alpha value is -2.91. The highest BCUT2D eigenvalue weighted by Gasteiger charge is 2.40. The van der Waals surface area contributed by atoms with Gasteiger partial charge in [0.05, 0.1) is 0 Å². The summed E-state index contributed by atoms with van der Waals surface area (Å²) in [6, 6.07) is 30.6. The number of hydrogen-bond acceptors (Lipinski definition) is 2. The number of carbonyl (C=O) groups is 1. The van der Waals surface area contributed by atoms with Crippen molar-refractivity contribution in [3.8, 4) is 0 Å². The van der Waals surface area contributed by atoms with Crippen LogP contribution in [-0.2, 0) is 4.79 Å². The summed E-state index contributed by atoms with van der Waals surface area (Å²) in [6.45, 7) is 4.03. The van der Waals surface area contributed by atoms with Crippen LogP contribution in [0.5, 0.6) is 0 Å². The largest absolute Gasteiger partial charge is 0.309 e. The van der Waals surface area contributed by atoms with Crippen LogP contribution in [0.25, 0.3) is 0 Å². The van der Waals surface area contributed by atoms with E-state index in [1.165, 1.54) is 16.7 Å². The van der Waals surface area contributed by atoms with Gasteiger partial charge in [-0.05, 0) is 41.7 Å². The lowest BCUT2D eigenvalue weighted by Crippen LogP contribution is -2.51. The van der Waals surface area contributed by atoms with Crippen LogP contribution in [0.2, 0.25) is 0 Å². The summed E-state index contributed by atoms with van der Waals surface area (Å²) in [4.78, 5) is 17.7. The van der Waals surface area contributed by atoms with Crippen LogP contribution in [0.1, 0.15) is 54.8 Å². The number of carbonyl (C=O) groups excluding carboxylic acids is 1. The van der Waals surface area contributed by atoms with E-state index in [-0.39, 0.29) is 11.9 Å². The molecule has 158 valence electrons. The van der Waals surface area contributed by atoms with Crippen LogP contribution >= 0.6 is 0 Å². The number of amides is 1. The second-order valence-corrected chi connectivity index (χ2v) is 8.73. The Bertz CT molecular complexity index is 1030. The predicted molar refractivity (Wildman–Crippen MR) is 126 cm³/mol. The van der Waals surface area contributed by atoms with Crippen LogP contribution < -0.4 is 4.90 Å². The summed E-state index contributed by atoms with van der Waals surface area (Å²) in [5.41, 5.74) is 5.30. The van der Waals surface area contributed by atoms with Gasteiger partial charge < -0.3 is 4.90 Å². The van der Waals surface area contributed by atoms with Crippen molar-refractivity contribution in [2.45, 2.75) is 44.2 Å². The lowest BCUT2D eigenvalue weighted by atomic mass is 9.77. The summed E-state index contributed by atoms with van der Waals surface area (Å²) < 4.78 is 0. The molecule has 0 saturated carbocycles. The van der Waals surface area contributed by atoms with E-state index < -0.39 is 0 Å². The number of nitrogens with zero attached hydrogens (tertiary/aromatic N) is 2. The number of piperidine rings is 1. The molecule has 3 aromatic carbocycles. The van der Waals surface area contributed by atoms with Crippen molar-refractivity contribution in [2.75, 3.05) is 18.0 Å². The highest BCUT2D eigenvalue weighted by molar-refractivity contribution is 5.93. The average molecular weight is 411 g/mol. The van der Waals surface area contributed by atoms with E-state index in [0.717, 1.165) is 31.6 Å². The van der Waals surface area contributed by atoms with E-state index >= 15 is 0 Å². The zero-order valence-electron chi connectivity index (χ0n) is 18.2. The lowest BCUT2D eigenvalue weighted by Gasteiger charge is -2.48. The number of anilines is 1. The molecule has 0 bridgehead atoms. The van der Waals surface area contributed by atoms with Gasteiger partial charge >= 0.3 is 0 Å². The molecule has 0 spiro atoms. The first-order valence-corrected chi connectivity index (χ1v) is 11.5. The van der Waals surface area contributed by atoms with E-state index in [4.69, 9.17) is 0 Å². The molecule has 31 heavy (non-hydrogen) atoms. The molecule has 2 aliphatic rings. The average Bonchev–Trinajstić information content (AvgIpc) is 2.85. The maximum atomic E-state index is 13.0. The zero-order valence-corrected chi connectivity index (χ0v) is 18.2. The minimum Gasteiger partial charge on any atom is -0.309 e. The smallest absolute Gasteiger partial charge is 0.226 e. The van der Waals surface area contributed by atoms with Crippen LogP contribution in [0, 0.1) is 0 Å². The van der Waals surface area contributed by atoms with Crippen molar-refractivity contribution >= 4 is 11.6 Å². The van der Waals surface area contributed by atoms with Crippen molar-refractivity contribution in [2.24, 2.45) is 0 Å². The van der Waals surface area contributed by atoms with E-state index in [0.29, 0.717) is 18.4 Å². The van der Waals surface area contributed by atoms with E-state index in [1.807, 2.05) is 25.1 Å². The molecule has 1 amide bonds. The second kappa shape index (κ2) is 8.68. The first kappa shape index (κ1) is 20.0. The Morgan fingerprint density at radius 1 is 0.903 bits per heavy atom. The van der Waals surface area contributed by atoms with Crippen LogP contribution in [0.4, 0.5) is 5.69 Å². The van der Waals surface area contributed by atoms with Gasteiger partial charge in [0.2, 0.25) is 5.91 Å².